The van der Waals surface area contributed by atoms with Crippen LogP contribution in [0.3, 0.4) is 0 Å². The Bertz CT molecular complexity index is 1880. The molecule has 17 heteroatoms. The van der Waals surface area contributed by atoms with Crippen molar-refractivity contribution in [3.63, 3.8) is 0 Å². The second-order valence-electron chi connectivity index (χ2n) is 19.0. The summed E-state index contributed by atoms with van der Waals surface area (Å²) in [4.78, 5) is 85.1. The summed E-state index contributed by atoms with van der Waals surface area (Å²) in [5.74, 6) is -0.945. The van der Waals surface area contributed by atoms with E-state index in [9.17, 15) is 28.8 Å². The average molecular weight is 888 g/mol. The Kier molecular flexibility index (Phi) is 17.8. The molecule has 0 aromatic heterocycles. The van der Waals surface area contributed by atoms with Gasteiger partial charge in [0.15, 0.2) is 5.96 Å². The van der Waals surface area contributed by atoms with E-state index in [1.54, 1.807) is 20.8 Å². The lowest BCUT2D eigenvalue weighted by molar-refractivity contribution is -0.136. The van der Waals surface area contributed by atoms with Gasteiger partial charge in [0, 0.05) is 19.5 Å². The lowest BCUT2D eigenvalue weighted by Gasteiger charge is -2.57. The van der Waals surface area contributed by atoms with E-state index >= 15 is 0 Å². The number of amides is 6. The number of rotatable bonds is 23. The maximum atomic E-state index is 14.5. The Morgan fingerprint density at radius 1 is 0.672 bits per heavy atom. The van der Waals surface area contributed by atoms with Crippen LogP contribution in [-0.4, -0.2) is 84.6 Å². The van der Waals surface area contributed by atoms with Crippen LogP contribution >= 0.6 is 0 Å². The van der Waals surface area contributed by atoms with Crippen molar-refractivity contribution in [2.45, 2.75) is 141 Å². The topological polar surface area (TPSA) is 271 Å². The van der Waals surface area contributed by atoms with E-state index in [-0.39, 0.29) is 50.3 Å². The molecular weight excluding hydrogens is 819 g/mol. The fraction of sp³-hybridized carbons (Fsp3) is 0.596. The van der Waals surface area contributed by atoms with Crippen molar-refractivity contribution < 1.29 is 38.2 Å². The zero-order valence-electron chi connectivity index (χ0n) is 37.6. The number of hydrogen-bond acceptors (Lipinski definition) is 9. The van der Waals surface area contributed by atoms with Gasteiger partial charge in [-0.1, -0.05) is 60.7 Å². The highest BCUT2D eigenvalue weighted by atomic mass is 16.6. The van der Waals surface area contributed by atoms with E-state index in [2.05, 4.69) is 31.6 Å². The summed E-state index contributed by atoms with van der Waals surface area (Å²) in [6, 6.07) is 14.1. The van der Waals surface area contributed by atoms with Crippen molar-refractivity contribution in [1.29, 1.82) is 0 Å². The summed E-state index contributed by atoms with van der Waals surface area (Å²) >= 11 is 0. The highest BCUT2D eigenvalue weighted by Gasteiger charge is 2.52. The Hall–Kier alpha value is -5.87. The number of nitrogens with one attached hydrogen (secondary N) is 5. The molecule has 0 unspecified atom stereocenters. The molecule has 4 aliphatic carbocycles. The first kappa shape index (κ1) is 49.2. The van der Waals surface area contributed by atoms with Crippen LogP contribution in [0.15, 0.2) is 65.7 Å². The highest BCUT2D eigenvalue weighted by molar-refractivity contribution is 5.95. The van der Waals surface area contributed by atoms with Crippen LogP contribution in [0.2, 0.25) is 0 Å². The largest absolute Gasteiger partial charge is 0.445 e. The van der Waals surface area contributed by atoms with Crippen LogP contribution in [-0.2, 0) is 41.7 Å². The van der Waals surface area contributed by atoms with Crippen molar-refractivity contribution in [3.05, 3.63) is 71.8 Å². The van der Waals surface area contributed by atoms with Crippen molar-refractivity contribution >= 4 is 41.8 Å². The third-order valence-corrected chi connectivity index (χ3v) is 12.4. The molecule has 0 spiro atoms. The summed E-state index contributed by atoms with van der Waals surface area (Å²) < 4.78 is 10.7. The van der Waals surface area contributed by atoms with Crippen molar-refractivity contribution in [2.75, 3.05) is 13.1 Å². The van der Waals surface area contributed by atoms with Gasteiger partial charge in [0.2, 0.25) is 23.6 Å². The SMILES string of the molecule is CC(C)(C)OC(=O)N[C@@H](Cc1ccccc1)C(=O)N[C@H](CCCN=C(N)N)C(=O)N[C@@H](CC12CC3CC(CC(C3)C1)C2)C(=O)N[C@@H](CCCCNC(=O)OCc1ccccc1)C(N)=O. The summed E-state index contributed by atoms with van der Waals surface area (Å²) in [6.07, 6.45) is 7.04. The molecule has 0 saturated heterocycles. The first-order valence-electron chi connectivity index (χ1n) is 22.7. The minimum atomic E-state index is -1.16. The molecule has 6 amide bonds. The number of guanidine groups is 1. The molecule has 2 aromatic rings. The monoisotopic (exact) mass is 888 g/mol. The number of nitrogens with zero attached hydrogens (tertiary/aromatic N) is 1. The number of alkyl carbamates (subject to hydrolysis) is 2. The maximum absolute atomic E-state index is 14.5. The van der Waals surface area contributed by atoms with E-state index in [0.29, 0.717) is 43.4 Å². The molecule has 11 N–H and O–H groups in total. The summed E-state index contributed by atoms with van der Waals surface area (Å²) in [5.41, 5.74) is 17.6. The van der Waals surface area contributed by atoms with Crippen LogP contribution in [0, 0.1) is 23.2 Å². The molecule has 0 radical (unpaired) electrons. The third-order valence-electron chi connectivity index (χ3n) is 12.4. The Balaban J connectivity index is 1.29. The van der Waals surface area contributed by atoms with Gasteiger partial charge in [-0.25, -0.2) is 9.59 Å². The number of nitrogens with two attached hydrogens (primary N) is 3. The number of unbranched alkanes of at least 4 members (excludes halogenated alkanes) is 1. The molecular formula is C47H69N9O8. The molecule has 4 fully saturated rings. The molecule has 0 heterocycles. The lowest BCUT2D eigenvalue weighted by atomic mass is 9.48. The number of primary amides is 1. The molecule has 6 rings (SSSR count). The molecule has 350 valence electrons. The second kappa shape index (κ2) is 23.2. The van der Waals surface area contributed by atoms with Crippen molar-refractivity contribution in [1.82, 2.24) is 26.6 Å². The molecule has 4 saturated carbocycles. The first-order chi connectivity index (χ1) is 30.5. The van der Waals surface area contributed by atoms with Gasteiger partial charge in [0.25, 0.3) is 0 Å². The van der Waals surface area contributed by atoms with Gasteiger partial charge < -0.3 is 53.3 Å². The van der Waals surface area contributed by atoms with Gasteiger partial charge in [-0.05, 0) is 132 Å². The predicted molar refractivity (Wildman–Crippen MR) is 242 cm³/mol. The molecule has 4 aliphatic rings. The lowest BCUT2D eigenvalue weighted by Crippen LogP contribution is -2.60. The summed E-state index contributed by atoms with van der Waals surface area (Å²) in [7, 11) is 0. The van der Waals surface area contributed by atoms with E-state index in [4.69, 9.17) is 26.7 Å². The van der Waals surface area contributed by atoms with Gasteiger partial charge in [0.1, 0.15) is 36.4 Å². The minimum absolute atomic E-state index is 0.0995. The van der Waals surface area contributed by atoms with Crippen LogP contribution < -0.4 is 43.8 Å². The second-order valence-corrected chi connectivity index (χ2v) is 19.0. The number of carbonyl (C=O) groups is 6. The smallest absolute Gasteiger partial charge is 0.408 e. The standard InChI is InChI=1S/C47H69N9O8/c1-46(2,3)64-45(62)56-37(24-30-13-6-4-7-14-30)41(59)54-36(18-12-20-51-43(49)50)40(58)55-38(28-47-25-32-21-33(26-47)23-34(22-32)27-47)42(60)53-35(39(48)57)17-10-11-19-52-44(61)63-29-31-15-8-5-9-16-31/h4-9,13-16,32-38H,10-12,17-29H2,1-3H3,(H2,48,57)(H,52,61)(H,53,60)(H,54,59)(H,55,58)(H,56,62)(H4,49,50,51)/t32?,33?,34?,35-,36+,37-,38-,47?/m0/s1. The molecule has 2 aromatic carbocycles. The Labute approximate surface area is 376 Å². The van der Waals surface area contributed by atoms with Crippen LogP contribution in [0.4, 0.5) is 9.59 Å². The minimum Gasteiger partial charge on any atom is -0.445 e. The van der Waals surface area contributed by atoms with Gasteiger partial charge in [-0.2, -0.15) is 0 Å². The highest BCUT2D eigenvalue weighted by Crippen LogP contribution is 2.61. The molecule has 64 heavy (non-hydrogen) atoms. The van der Waals surface area contributed by atoms with E-state index in [1.807, 2.05) is 60.7 Å². The molecule has 4 bridgehead atoms. The average Bonchev–Trinajstić information content (AvgIpc) is 3.22. The maximum Gasteiger partial charge on any atom is 0.408 e. The van der Waals surface area contributed by atoms with E-state index < -0.39 is 65.6 Å². The Morgan fingerprint density at radius 3 is 1.78 bits per heavy atom. The molecule has 4 atom stereocenters. The third kappa shape index (κ3) is 16.0. The zero-order chi connectivity index (χ0) is 46.3. The fourth-order valence-electron chi connectivity index (χ4n) is 10.0. The summed E-state index contributed by atoms with van der Waals surface area (Å²) in [6.45, 7) is 5.73. The molecule has 17 nitrogen and oxygen atoms in total. The number of aliphatic imine (C=N–C) groups is 1. The Morgan fingerprint density at radius 2 is 1.20 bits per heavy atom. The van der Waals surface area contributed by atoms with Gasteiger partial charge in [-0.3, -0.25) is 24.2 Å². The summed E-state index contributed by atoms with van der Waals surface area (Å²) in [5, 5.41) is 14.0. The molecule has 0 aliphatic heterocycles. The van der Waals surface area contributed by atoms with Crippen LogP contribution in [0.25, 0.3) is 0 Å². The van der Waals surface area contributed by atoms with Gasteiger partial charge in [0.05, 0.1) is 0 Å². The van der Waals surface area contributed by atoms with Gasteiger partial charge >= 0.3 is 12.2 Å². The predicted octanol–water partition coefficient (Wildman–Crippen LogP) is 3.82. The van der Waals surface area contributed by atoms with E-state index in [1.165, 1.54) is 19.3 Å². The van der Waals surface area contributed by atoms with E-state index in [0.717, 1.165) is 30.4 Å². The zero-order valence-corrected chi connectivity index (χ0v) is 37.6. The normalized spacial score (nSPS) is 21.5. The van der Waals surface area contributed by atoms with Crippen LogP contribution in [0.5, 0.6) is 0 Å². The number of hydrogen-bond donors (Lipinski definition) is 8. The van der Waals surface area contributed by atoms with Crippen LogP contribution in [0.1, 0.15) is 109 Å². The first-order valence-corrected chi connectivity index (χ1v) is 22.7. The van der Waals surface area contributed by atoms with Crippen molar-refractivity contribution in [2.24, 2.45) is 45.4 Å². The number of ether oxygens (including phenoxy) is 2. The quantitative estimate of drug-likeness (QED) is 0.0454. The van der Waals surface area contributed by atoms with Crippen molar-refractivity contribution in [3.8, 4) is 0 Å². The fourth-order valence-corrected chi connectivity index (χ4v) is 10.0. The van der Waals surface area contributed by atoms with Gasteiger partial charge in [-0.15, -0.1) is 0 Å². The number of carbonyl (C=O) groups excluding carboxylic acids is 6. The number of benzene rings is 2.